The van der Waals surface area contributed by atoms with E-state index >= 15 is 0 Å². The molecule has 0 radical (unpaired) electrons. The third-order valence-electron chi connectivity index (χ3n) is 2.61. The summed E-state index contributed by atoms with van der Waals surface area (Å²) in [6.07, 6.45) is -3.47. The molecular formula is C10H17NO6. The largest absolute Gasteiger partial charge is 0.394 e. The first kappa shape index (κ1) is 14.1. The van der Waals surface area contributed by atoms with Crippen molar-refractivity contribution in [1.29, 1.82) is 0 Å². The molecule has 0 aliphatic carbocycles. The number of methoxy groups -OCH3 is 1. The molecule has 0 aromatic heterocycles. The summed E-state index contributed by atoms with van der Waals surface area (Å²) >= 11 is 0. The van der Waals surface area contributed by atoms with Crippen LogP contribution < -0.4 is 5.32 Å². The second-order valence-electron chi connectivity index (χ2n) is 3.68. The standard InChI is InChI=1S/C10H17NO6/c1-3-6(13)11-7-9(15)8(14)5(4-12)17-10(7)16-2/h3,5,7-10,12,14-15H,1,4H2,2H3,(H,11,13)/t5-,7+,8+,9-,10?/m1/s1. The van der Waals surface area contributed by atoms with Crippen LogP contribution in [0, 0.1) is 0 Å². The second kappa shape index (κ2) is 6.08. The Morgan fingerprint density at radius 1 is 1.53 bits per heavy atom. The number of carbonyl (C=O) groups is 1. The zero-order chi connectivity index (χ0) is 13.0. The lowest BCUT2D eigenvalue weighted by atomic mass is 9.97. The highest BCUT2D eigenvalue weighted by Gasteiger charge is 2.44. The van der Waals surface area contributed by atoms with E-state index in [1.54, 1.807) is 0 Å². The molecule has 17 heavy (non-hydrogen) atoms. The van der Waals surface area contributed by atoms with Crippen LogP contribution in [0.4, 0.5) is 0 Å². The van der Waals surface area contributed by atoms with Crippen LogP contribution in [0.5, 0.6) is 0 Å². The van der Waals surface area contributed by atoms with Crippen LogP contribution in [-0.4, -0.2) is 65.6 Å². The van der Waals surface area contributed by atoms with E-state index in [1.807, 2.05) is 0 Å². The Kier molecular flexibility index (Phi) is 5.03. The molecular weight excluding hydrogens is 230 g/mol. The van der Waals surface area contributed by atoms with Crippen LogP contribution in [0.15, 0.2) is 12.7 Å². The van der Waals surface area contributed by atoms with Crippen LogP contribution in [0.3, 0.4) is 0 Å². The van der Waals surface area contributed by atoms with Crippen molar-refractivity contribution in [1.82, 2.24) is 5.32 Å². The molecule has 1 saturated heterocycles. The zero-order valence-corrected chi connectivity index (χ0v) is 9.44. The van der Waals surface area contributed by atoms with E-state index in [9.17, 15) is 15.0 Å². The molecule has 0 bridgehead atoms. The molecule has 7 heteroatoms. The van der Waals surface area contributed by atoms with Gasteiger partial charge in [-0.05, 0) is 6.08 Å². The summed E-state index contributed by atoms with van der Waals surface area (Å²) in [7, 11) is 1.33. The maximum atomic E-state index is 11.2. The second-order valence-corrected chi connectivity index (χ2v) is 3.68. The van der Waals surface area contributed by atoms with Crippen molar-refractivity contribution in [3.63, 3.8) is 0 Å². The van der Waals surface area contributed by atoms with Crippen LogP contribution in [0.25, 0.3) is 0 Å². The van der Waals surface area contributed by atoms with Crippen molar-refractivity contribution in [3.05, 3.63) is 12.7 Å². The maximum absolute atomic E-state index is 11.2. The van der Waals surface area contributed by atoms with E-state index in [2.05, 4.69) is 11.9 Å². The predicted octanol–water partition coefficient (Wildman–Crippen LogP) is -2.26. The van der Waals surface area contributed by atoms with Gasteiger partial charge < -0.3 is 30.1 Å². The first-order valence-electron chi connectivity index (χ1n) is 5.13. The van der Waals surface area contributed by atoms with E-state index < -0.39 is 43.2 Å². The van der Waals surface area contributed by atoms with Crippen LogP contribution >= 0.6 is 0 Å². The zero-order valence-electron chi connectivity index (χ0n) is 9.44. The van der Waals surface area contributed by atoms with Gasteiger partial charge in [0.15, 0.2) is 6.29 Å². The van der Waals surface area contributed by atoms with Crippen LogP contribution in [-0.2, 0) is 14.3 Å². The number of nitrogens with one attached hydrogen (secondary N) is 1. The summed E-state index contributed by atoms with van der Waals surface area (Å²) in [5.74, 6) is -0.519. The Hall–Kier alpha value is -0.990. The van der Waals surface area contributed by atoms with Gasteiger partial charge in [0.1, 0.15) is 24.4 Å². The molecule has 0 spiro atoms. The van der Waals surface area contributed by atoms with E-state index in [1.165, 1.54) is 7.11 Å². The molecule has 7 nitrogen and oxygen atoms in total. The Bertz CT molecular complexity index is 282. The number of amides is 1. The molecule has 1 heterocycles. The molecule has 4 N–H and O–H groups in total. The molecule has 5 atom stereocenters. The lowest BCUT2D eigenvalue weighted by Gasteiger charge is -2.41. The lowest BCUT2D eigenvalue weighted by Crippen LogP contribution is -2.64. The fourth-order valence-electron chi connectivity index (χ4n) is 1.66. The number of ether oxygens (including phenoxy) is 2. The van der Waals surface area contributed by atoms with Gasteiger partial charge in [-0.3, -0.25) is 4.79 Å². The molecule has 98 valence electrons. The normalized spacial score (nSPS) is 37.5. The maximum Gasteiger partial charge on any atom is 0.243 e. The van der Waals surface area contributed by atoms with E-state index in [-0.39, 0.29) is 0 Å². The van der Waals surface area contributed by atoms with Crippen LogP contribution in [0.2, 0.25) is 0 Å². The molecule has 1 amide bonds. The molecule has 1 rings (SSSR count). The molecule has 0 saturated carbocycles. The summed E-state index contributed by atoms with van der Waals surface area (Å²) in [5, 5.41) is 30.8. The molecule has 1 aliphatic heterocycles. The summed E-state index contributed by atoms with van der Waals surface area (Å²) in [6, 6.07) is -0.928. The number of aliphatic hydroxyl groups excluding tert-OH is 3. The third-order valence-corrected chi connectivity index (χ3v) is 2.61. The first-order chi connectivity index (χ1) is 8.04. The van der Waals surface area contributed by atoms with Gasteiger partial charge in [0.05, 0.1) is 6.61 Å². The van der Waals surface area contributed by atoms with E-state index in [4.69, 9.17) is 14.6 Å². The highest BCUT2D eigenvalue weighted by molar-refractivity contribution is 5.87. The molecule has 1 fully saturated rings. The topological polar surface area (TPSA) is 108 Å². The smallest absolute Gasteiger partial charge is 0.243 e. The van der Waals surface area contributed by atoms with Crippen molar-refractivity contribution in [2.75, 3.05) is 13.7 Å². The Labute approximate surface area is 98.6 Å². The SMILES string of the molecule is C=CC(=O)N[C@@H]1C(OC)O[C@H](CO)[C@H](O)[C@@H]1O. The van der Waals surface area contributed by atoms with Gasteiger partial charge in [0.25, 0.3) is 0 Å². The van der Waals surface area contributed by atoms with Gasteiger partial charge in [-0.15, -0.1) is 0 Å². The summed E-state index contributed by atoms with van der Waals surface area (Å²) in [4.78, 5) is 11.2. The van der Waals surface area contributed by atoms with Gasteiger partial charge >= 0.3 is 0 Å². The predicted molar refractivity (Wildman–Crippen MR) is 56.9 cm³/mol. The Balaban J connectivity index is 2.79. The number of hydrogen-bond donors (Lipinski definition) is 4. The monoisotopic (exact) mass is 247 g/mol. The minimum Gasteiger partial charge on any atom is -0.394 e. The quantitative estimate of drug-likeness (QED) is 0.418. The van der Waals surface area contributed by atoms with Crippen molar-refractivity contribution >= 4 is 5.91 Å². The third kappa shape index (κ3) is 3.02. The van der Waals surface area contributed by atoms with E-state index in [0.717, 1.165) is 6.08 Å². The number of aliphatic hydroxyl groups is 3. The van der Waals surface area contributed by atoms with Crippen molar-refractivity contribution in [2.45, 2.75) is 30.6 Å². The summed E-state index contributed by atoms with van der Waals surface area (Å²) < 4.78 is 10.1. The minimum atomic E-state index is -1.30. The fraction of sp³-hybridized carbons (Fsp3) is 0.700. The lowest BCUT2D eigenvalue weighted by molar-refractivity contribution is -0.262. The van der Waals surface area contributed by atoms with E-state index in [0.29, 0.717) is 0 Å². The van der Waals surface area contributed by atoms with Gasteiger partial charge in [-0.2, -0.15) is 0 Å². The van der Waals surface area contributed by atoms with Gasteiger partial charge in [-0.25, -0.2) is 0 Å². The minimum absolute atomic E-state index is 0.458. The molecule has 1 aliphatic rings. The molecule has 0 aromatic carbocycles. The van der Waals surface area contributed by atoms with Crippen LogP contribution in [0.1, 0.15) is 0 Å². The number of hydrogen-bond acceptors (Lipinski definition) is 6. The highest BCUT2D eigenvalue weighted by Crippen LogP contribution is 2.21. The number of carbonyl (C=O) groups excluding carboxylic acids is 1. The van der Waals surface area contributed by atoms with Gasteiger partial charge in [0, 0.05) is 7.11 Å². The van der Waals surface area contributed by atoms with Crippen molar-refractivity contribution < 1.29 is 29.6 Å². The average Bonchev–Trinajstić information content (AvgIpc) is 2.35. The Morgan fingerprint density at radius 2 is 2.18 bits per heavy atom. The summed E-state index contributed by atoms with van der Waals surface area (Å²) in [6.45, 7) is 2.82. The number of rotatable bonds is 4. The average molecular weight is 247 g/mol. The summed E-state index contributed by atoms with van der Waals surface area (Å²) in [5.41, 5.74) is 0. The van der Waals surface area contributed by atoms with Crippen molar-refractivity contribution in [3.8, 4) is 0 Å². The first-order valence-corrected chi connectivity index (χ1v) is 5.13. The fourth-order valence-corrected chi connectivity index (χ4v) is 1.66. The molecule has 1 unspecified atom stereocenters. The van der Waals surface area contributed by atoms with Gasteiger partial charge in [-0.1, -0.05) is 6.58 Å². The van der Waals surface area contributed by atoms with Gasteiger partial charge in [0.2, 0.25) is 5.91 Å². The highest BCUT2D eigenvalue weighted by atomic mass is 16.7. The molecule has 0 aromatic rings. The van der Waals surface area contributed by atoms with Crippen molar-refractivity contribution in [2.24, 2.45) is 0 Å². The Morgan fingerprint density at radius 3 is 2.65 bits per heavy atom.